The standard InChI is InChI=1S/C22H28N2O2S/c1-4-12-23(20(25)5-2)15-21(26)24-13-10-19-18(11-14-27-19)22(24)17-9-7-6-8-16(17)3/h6-9,11,14,22H,4-5,10,12-13,15H2,1-3H3. The van der Waals surface area contributed by atoms with Crippen LogP contribution in [-0.4, -0.2) is 41.2 Å². The van der Waals surface area contributed by atoms with Crippen LogP contribution in [0.25, 0.3) is 0 Å². The number of fused-ring (bicyclic) bond motifs is 1. The third-order valence-electron chi connectivity index (χ3n) is 5.24. The fourth-order valence-electron chi connectivity index (χ4n) is 3.85. The Balaban J connectivity index is 1.92. The highest BCUT2D eigenvalue weighted by Gasteiger charge is 2.34. The molecule has 0 bridgehead atoms. The average molecular weight is 385 g/mol. The second-order valence-corrected chi connectivity index (χ2v) is 8.06. The van der Waals surface area contributed by atoms with Gasteiger partial charge >= 0.3 is 0 Å². The molecule has 0 radical (unpaired) electrons. The van der Waals surface area contributed by atoms with Crippen LogP contribution in [-0.2, 0) is 16.0 Å². The van der Waals surface area contributed by atoms with Gasteiger partial charge in [0.2, 0.25) is 11.8 Å². The minimum absolute atomic E-state index is 0.0374. The van der Waals surface area contributed by atoms with Gasteiger partial charge in [0.1, 0.15) is 0 Å². The van der Waals surface area contributed by atoms with Crippen LogP contribution in [0.4, 0.5) is 0 Å². The largest absolute Gasteiger partial charge is 0.333 e. The fraction of sp³-hybridized carbons (Fsp3) is 0.455. The third-order valence-corrected chi connectivity index (χ3v) is 6.24. The monoisotopic (exact) mass is 384 g/mol. The van der Waals surface area contributed by atoms with Crippen LogP contribution in [0.1, 0.15) is 54.3 Å². The molecule has 0 spiro atoms. The molecule has 3 rings (SSSR count). The van der Waals surface area contributed by atoms with E-state index in [9.17, 15) is 9.59 Å². The summed E-state index contributed by atoms with van der Waals surface area (Å²) in [5.74, 6) is 0.0845. The molecule has 2 aromatic rings. The molecule has 0 aliphatic carbocycles. The van der Waals surface area contributed by atoms with E-state index in [1.165, 1.54) is 21.6 Å². The zero-order valence-electron chi connectivity index (χ0n) is 16.4. The predicted molar refractivity (Wildman–Crippen MR) is 110 cm³/mol. The first-order chi connectivity index (χ1) is 13.1. The summed E-state index contributed by atoms with van der Waals surface area (Å²) in [5, 5.41) is 2.12. The summed E-state index contributed by atoms with van der Waals surface area (Å²) in [7, 11) is 0. The Kier molecular flexibility index (Phi) is 6.32. The van der Waals surface area contributed by atoms with E-state index in [0.717, 1.165) is 12.8 Å². The lowest BCUT2D eigenvalue weighted by Gasteiger charge is -2.38. The Morgan fingerprint density at radius 1 is 1.19 bits per heavy atom. The SMILES string of the molecule is CCCN(CC(=O)N1CCc2sccc2C1c1ccccc1C)C(=O)CC. The van der Waals surface area contributed by atoms with Crippen molar-refractivity contribution in [3.63, 3.8) is 0 Å². The molecule has 0 saturated heterocycles. The van der Waals surface area contributed by atoms with Gasteiger partial charge in [0.05, 0.1) is 12.6 Å². The van der Waals surface area contributed by atoms with Crippen LogP contribution in [0.2, 0.25) is 0 Å². The molecule has 1 unspecified atom stereocenters. The van der Waals surface area contributed by atoms with Crippen LogP contribution < -0.4 is 0 Å². The average Bonchev–Trinajstić information content (AvgIpc) is 3.15. The van der Waals surface area contributed by atoms with Crippen molar-refractivity contribution in [1.29, 1.82) is 0 Å². The molecule has 2 amide bonds. The van der Waals surface area contributed by atoms with E-state index < -0.39 is 0 Å². The first-order valence-corrected chi connectivity index (χ1v) is 10.6. The molecule has 0 N–H and O–H groups in total. The maximum absolute atomic E-state index is 13.3. The number of hydrogen-bond acceptors (Lipinski definition) is 3. The summed E-state index contributed by atoms with van der Waals surface area (Å²) in [6.07, 6.45) is 2.18. The molecule has 0 fully saturated rings. The van der Waals surface area contributed by atoms with Crippen molar-refractivity contribution >= 4 is 23.2 Å². The van der Waals surface area contributed by atoms with Crippen molar-refractivity contribution in [3.8, 4) is 0 Å². The van der Waals surface area contributed by atoms with Gasteiger partial charge in [-0.15, -0.1) is 11.3 Å². The molecule has 27 heavy (non-hydrogen) atoms. The summed E-state index contributed by atoms with van der Waals surface area (Å²) in [4.78, 5) is 30.6. The quantitative estimate of drug-likeness (QED) is 0.750. The number of rotatable bonds is 6. The first-order valence-electron chi connectivity index (χ1n) is 9.75. The van der Waals surface area contributed by atoms with Gasteiger partial charge in [0.15, 0.2) is 0 Å². The van der Waals surface area contributed by atoms with Crippen molar-refractivity contribution in [3.05, 3.63) is 57.3 Å². The van der Waals surface area contributed by atoms with Gasteiger partial charge in [-0.2, -0.15) is 0 Å². The lowest BCUT2D eigenvalue weighted by atomic mass is 9.90. The summed E-state index contributed by atoms with van der Waals surface area (Å²) in [6, 6.07) is 10.4. The van der Waals surface area contributed by atoms with Crippen molar-refractivity contribution in [2.75, 3.05) is 19.6 Å². The molecule has 1 atom stereocenters. The number of carbonyl (C=O) groups is 2. The molecule has 1 aliphatic rings. The Hall–Kier alpha value is -2.14. The van der Waals surface area contributed by atoms with Gasteiger partial charge < -0.3 is 9.80 Å². The Bertz CT molecular complexity index is 814. The number of hydrogen-bond donors (Lipinski definition) is 0. The molecule has 1 aromatic carbocycles. The minimum Gasteiger partial charge on any atom is -0.333 e. The highest BCUT2D eigenvalue weighted by Crippen LogP contribution is 2.38. The highest BCUT2D eigenvalue weighted by atomic mass is 32.1. The first kappa shape index (κ1) is 19.6. The molecular weight excluding hydrogens is 356 g/mol. The van der Waals surface area contributed by atoms with Gasteiger partial charge in [0.25, 0.3) is 0 Å². The van der Waals surface area contributed by atoms with E-state index in [1.807, 2.05) is 30.9 Å². The lowest BCUT2D eigenvalue weighted by molar-refractivity contribution is -0.141. The van der Waals surface area contributed by atoms with Crippen molar-refractivity contribution in [2.24, 2.45) is 0 Å². The highest BCUT2D eigenvalue weighted by molar-refractivity contribution is 7.10. The van der Waals surface area contributed by atoms with Crippen LogP contribution in [0, 0.1) is 6.92 Å². The number of carbonyl (C=O) groups excluding carboxylic acids is 2. The van der Waals surface area contributed by atoms with Crippen LogP contribution >= 0.6 is 11.3 Å². The minimum atomic E-state index is -0.0612. The fourth-order valence-corrected chi connectivity index (χ4v) is 4.76. The molecule has 4 nitrogen and oxygen atoms in total. The van der Waals surface area contributed by atoms with Crippen LogP contribution in [0.5, 0.6) is 0 Å². The van der Waals surface area contributed by atoms with Gasteiger partial charge in [0, 0.05) is 24.4 Å². The Labute approximate surface area is 165 Å². The summed E-state index contributed by atoms with van der Waals surface area (Å²) in [6.45, 7) is 7.49. The van der Waals surface area contributed by atoms with E-state index in [4.69, 9.17) is 0 Å². The second kappa shape index (κ2) is 8.70. The van der Waals surface area contributed by atoms with Gasteiger partial charge in [-0.25, -0.2) is 0 Å². The predicted octanol–water partition coefficient (Wildman–Crippen LogP) is 4.18. The normalized spacial score (nSPS) is 16.1. The molecule has 1 aliphatic heterocycles. The smallest absolute Gasteiger partial charge is 0.242 e. The molecular formula is C22H28N2O2S. The van der Waals surface area contributed by atoms with Crippen molar-refractivity contribution in [1.82, 2.24) is 9.80 Å². The van der Waals surface area contributed by atoms with E-state index in [1.54, 1.807) is 16.2 Å². The molecule has 0 saturated carbocycles. The van der Waals surface area contributed by atoms with Crippen LogP contribution in [0.15, 0.2) is 35.7 Å². The zero-order chi connectivity index (χ0) is 19.4. The van der Waals surface area contributed by atoms with E-state index >= 15 is 0 Å². The maximum atomic E-state index is 13.3. The number of aryl methyl sites for hydroxylation is 1. The maximum Gasteiger partial charge on any atom is 0.242 e. The van der Waals surface area contributed by atoms with E-state index in [-0.39, 0.29) is 24.4 Å². The molecule has 2 heterocycles. The lowest BCUT2D eigenvalue weighted by Crippen LogP contribution is -2.47. The van der Waals surface area contributed by atoms with Gasteiger partial charge in [-0.05, 0) is 47.9 Å². The van der Waals surface area contributed by atoms with E-state index in [2.05, 4.69) is 30.5 Å². The van der Waals surface area contributed by atoms with Gasteiger partial charge in [-0.1, -0.05) is 38.1 Å². The number of thiophene rings is 1. The Morgan fingerprint density at radius 2 is 1.96 bits per heavy atom. The Morgan fingerprint density at radius 3 is 2.67 bits per heavy atom. The number of benzene rings is 1. The third kappa shape index (κ3) is 4.08. The summed E-state index contributed by atoms with van der Waals surface area (Å²) < 4.78 is 0. The molecule has 1 aromatic heterocycles. The van der Waals surface area contributed by atoms with Gasteiger partial charge in [-0.3, -0.25) is 9.59 Å². The topological polar surface area (TPSA) is 40.6 Å². The van der Waals surface area contributed by atoms with Crippen molar-refractivity contribution < 1.29 is 9.59 Å². The van der Waals surface area contributed by atoms with Crippen molar-refractivity contribution in [2.45, 2.75) is 46.1 Å². The van der Waals surface area contributed by atoms with Crippen LogP contribution in [0.3, 0.4) is 0 Å². The van der Waals surface area contributed by atoms with E-state index in [0.29, 0.717) is 19.5 Å². The molecule has 5 heteroatoms. The summed E-state index contributed by atoms with van der Waals surface area (Å²) in [5.41, 5.74) is 3.60. The number of amides is 2. The molecule has 144 valence electrons. The zero-order valence-corrected chi connectivity index (χ0v) is 17.2. The number of nitrogens with zero attached hydrogens (tertiary/aromatic N) is 2. The summed E-state index contributed by atoms with van der Waals surface area (Å²) >= 11 is 1.77. The second-order valence-electron chi connectivity index (χ2n) is 7.06.